The molecule has 3 aromatic rings. The molecule has 3 aliphatic rings. The normalized spacial score (nSPS) is 17.1. The Bertz CT molecular complexity index is 2360. The molecule has 5 heterocycles. The fourth-order valence-corrected chi connectivity index (χ4v) is 8.32. The van der Waals surface area contributed by atoms with E-state index in [4.69, 9.17) is 24.7 Å². The number of ether oxygens (including phenoxy) is 1. The third-order valence-corrected chi connectivity index (χ3v) is 11.7. The number of aryl methyl sites for hydroxylation is 2. The molecule has 9 heteroatoms. The summed E-state index contributed by atoms with van der Waals surface area (Å²) in [4.78, 5) is 33.5. The Kier molecular flexibility index (Phi) is 14.3. The molecule has 0 aromatic carbocycles. The maximum absolute atomic E-state index is 13.6. The van der Waals surface area contributed by atoms with Crippen molar-refractivity contribution in [3.05, 3.63) is 104 Å². The van der Waals surface area contributed by atoms with Crippen LogP contribution in [0.4, 0.5) is 0 Å². The second-order valence-electron chi connectivity index (χ2n) is 16.1. The van der Waals surface area contributed by atoms with E-state index < -0.39 is 6.10 Å². The van der Waals surface area contributed by atoms with Crippen molar-refractivity contribution in [1.82, 2.24) is 19.9 Å². The van der Waals surface area contributed by atoms with Crippen LogP contribution >= 0.6 is 0 Å². The number of allylic oxidation sites excluding steroid dienone is 7. The minimum Gasteiger partial charge on any atom is -0.872 e. The van der Waals surface area contributed by atoms with Gasteiger partial charge in [-0.2, -0.15) is 0 Å². The first kappa shape index (κ1) is 43.9. The van der Waals surface area contributed by atoms with Gasteiger partial charge in [-0.05, 0) is 128 Å². The second kappa shape index (κ2) is 18.6. The Labute approximate surface area is 354 Å². The van der Waals surface area contributed by atoms with Gasteiger partial charge in [0.25, 0.3) is 0 Å². The SMILES string of the molecule is CCC1=C(C)c2cc3[n-]c(cc4nc(c5c6[n-]c(cc1n2)c(C)c6C([O-])=C5)[C@@H](CCC(=O)OC/C=C(\C)CC/C=C(\C)CCC=C(C)C)[C@@H]4C)c(C)c3[C@@H](C)O.[Mg+2]. The van der Waals surface area contributed by atoms with Crippen molar-refractivity contribution in [1.29, 1.82) is 0 Å². The van der Waals surface area contributed by atoms with Gasteiger partial charge in [0.05, 0.1) is 23.2 Å². The number of aliphatic hydroxyl groups excluding tert-OH is 1. The summed E-state index contributed by atoms with van der Waals surface area (Å²) in [6.07, 6.45) is 13.0. The van der Waals surface area contributed by atoms with Gasteiger partial charge in [0.15, 0.2) is 0 Å². The number of fused-ring (bicyclic) bond motifs is 8. The first-order chi connectivity index (χ1) is 26.7. The molecule has 296 valence electrons. The van der Waals surface area contributed by atoms with E-state index in [1.54, 1.807) is 13.0 Å². The third-order valence-electron chi connectivity index (χ3n) is 11.7. The third kappa shape index (κ3) is 9.42. The molecular weight excluding hydrogens is 721 g/mol. The summed E-state index contributed by atoms with van der Waals surface area (Å²) in [5.41, 5.74) is 15.8. The maximum atomic E-state index is 13.6. The number of carbonyl (C=O) groups excluding carboxylic acids is 1. The minimum atomic E-state index is -0.738. The predicted molar refractivity (Wildman–Crippen MR) is 232 cm³/mol. The summed E-state index contributed by atoms with van der Waals surface area (Å²) < 4.78 is 5.70. The molecule has 8 bridgehead atoms. The van der Waals surface area contributed by atoms with Gasteiger partial charge in [0.1, 0.15) is 6.61 Å². The van der Waals surface area contributed by atoms with Crippen LogP contribution in [0.5, 0.6) is 0 Å². The summed E-state index contributed by atoms with van der Waals surface area (Å²) in [5, 5.41) is 24.6. The summed E-state index contributed by atoms with van der Waals surface area (Å²) in [6, 6.07) is 5.95. The van der Waals surface area contributed by atoms with Crippen molar-refractivity contribution in [3.8, 4) is 0 Å². The standard InChI is InChI=1S/C48H58N4O4.Mg/c1-11-34-29(6)37-25-42-45(33(10)53)31(8)39(50-42)23-38-30(7)35(18-19-44(55)56-21-20-28(5)17-13-16-27(4)15-12-14-26(2)3)47(51-38)36-22-43(54)46-32(9)40(52-48(36)46)24-41(34)49-37;/h14,16,20,22-25,30,33,35,53H,11-13,15,17-19,21H2,1-10H3,(H-2,49,50,51,52,54);/q-2;+2/p-1/b27-16+,28-20+;/t30-,33+,35-;/m0./s1. The first-order valence-electron chi connectivity index (χ1n) is 20.2. The molecule has 0 fully saturated rings. The molecule has 0 spiro atoms. The Morgan fingerprint density at radius 2 is 1.58 bits per heavy atom. The number of rotatable bonds is 13. The van der Waals surface area contributed by atoms with Crippen LogP contribution in [0.2, 0.25) is 0 Å². The first-order valence-corrected chi connectivity index (χ1v) is 20.2. The van der Waals surface area contributed by atoms with Gasteiger partial charge < -0.3 is 24.9 Å². The van der Waals surface area contributed by atoms with Crippen molar-refractivity contribution in [2.24, 2.45) is 0 Å². The molecule has 3 atom stereocenters. The molecule has 3 aromatic heterocycles. The summed E-state index contributed by atoms with van der Waals surface area (Å²) in [5.74, 6) is -0.586. The molecular formula is C48H57MgN4O4-. The Morgan fingerprint density at radius 3 is 2.26 bits per heavy atom. The quantitative estimate of drug-likeness (QED) is 0.103. The van der Waals surface area contributed by atoms with E-state index >= 15 is 0 Å². The van der Waals surface area contributed by atoms with E-state index in [0.29, 0.717) is 34.1 Å². The average molecular weight is 778 g/mol. The van der Waals surface area contributed by atoms with E-state index in [9.17, 15) is 15.0 Å². The van der Waals surface area contributed by atoms with Crippen LogP contribution in [0, 0.1) is 13.8 Å². The number of carbonyl (C=O) groups is 1. The van der Waals surface area contributed by atoms with Crippen LogP contribution in [0.1, 0.15) is 169 Å². The molecule has 0 saturated heterocycles. The predicted octanol–water partition coefficient (Wildman–Crippen LogP) is 10.0. The number of aliphatic hydroxyl groups is 1. The number of nitrogens with zero attached hydrogens (tertiary/aromatic N) is 4. The van der Waals surface area contributed by atoms with Crippen LogP contribution in [0.3, 0.4) is 0 Å². The van der Waals surface area contributed by atoms with E-state index in [1.807, 2.05) is 38.1 Å². The minimum absolute atomic E-state index is 0. The monoisotopic (exact) mass is 777 g/mol. The zero-order valence-corrected chi connectivity index (χ0v) is 37.0. The maximum Gasteiger partial charge on any atom is 2.00 e. The molecule has 57 heavy (non-hydrogen) atoms. The van der Waals surface area contributed by atoms with Gasteiger partial charge in [0.2, 0.25) is 0 Å². The Balaban J connectivity index is 0.00000620. The number of hydrogen-bond acceptors (Lipinski definition) is 6. The van der Waals surface area contributed by atoms with Crippen molar-refractivity contribution in [2.75, 3.05) is 6.61 Å². The second-order valence-corrected chi connectivity index (χ2v) is 16.1. The van der Waals surface area contributed by atoms with Gasteiger partial charge >= 0.3 is 29.0 Å². The van der Waals surface area contributed by atoms with Crippen LogP contribution in [-0.4, -0.2) is 50.7 Å². The smallest absolute Gasteiger partial charge is 0.872 e. The van der Waals surface area contributed by atoms with Crippen molar-refractivity contribution in [2.45, 2.75) is 132 Å². The molecule has 6 rings (SSSR count). The Hall–Kier alpha value is -4.18. The number of aromatic nitrogens is 4. The molecule has 1 N–H and O–H groups in total. The number of esters is 1. The number of hydrogen-bond donors (Lipinski definition) is 1. The fourth-order valence-electron chi connectivity index (χ4n) is 8.32. The molecule has 2 aliphatic heterocycles. The van der Waals surface area contributed by atoms with Gasteiger partial charge in [-0.1, -0.05) is 78.1 Å². The summed E-state index contributed by atoms with van der Waals surface area (Å²) in [6.45, 7) is 20.8. The fraction of sp³-hybridized carbons (Fsp3) is 0.438. The summed E-state index contributed by atoms with van der Waals surface area (Å²) >= 11 is 0. The van der Waals surface area contributed by atoms with Gasteiger partial charge in [-0.15, -0.1) is 27.8 Å². The average Bonchev–Trinajstić information content (AvgIpc) is 3.89. The molecule has 0 unspecified atom stereocenters. The molecule has 0 amide bonds. The van der Waals surface area contributed by atoms with E-state index in [1.165, 1.54) is 16.7 Å². The van der Waals surface area contributed by atoms with Crippen LogP contribution in [-0.2, 0) is 9.53 Å². The van der Waals surface area contributed by atoms with Crippen molar-refractivity contribution in [3.63, 3.8) is 0 Å². The molecule has 0 saturated carbocycles. The summed E-state index contributed by atoms with van der Waals surface area (Å²) in [7, 11) is 0. The van der Waals surface area contributed by atoms with E-state index in [0.717, 1.165) is 88.2 Å². The van der Waals surface area contributed by atoms with Crippen molar-refractivity contribution < 1.29 is 19.7 Å². The molecule has 8 nitrogen and oxygen atoms in total. The van der Waals surface area contributed by atoms with Gasteiger partial charge in [0, 0.05) is 24.0 Å². The van der Waals surface area contributed by atoms with Crippen LogP contribution < -0.4 is 15.1 Å². The molecule has 1 aliphatic carbocycles. The van der Waals surface area contributed by atoms with Gasteiger partial charge in [-0.3, -0.25) is 9.78 Å². The zero-order chi connectivity index (χ0) is 40.4. The topological polar surface area (TPSA) is 124 Å². The van der Waals surface area contributed by atoms with E-state index in [2.05, 4.69) is 60.6 Å². The largest absolute Gasteiger partial charge is 2.00 e. The van der Waals surface area contributed by atoms with Gasteiger partial charge in [-0.25, -0.2) is 4.98 Å². The van der Waals surface area contributed by atoms with Crippen molar-refractivity contribution >= 4 is 74.1 Å². The van der Waals surface area contributed by atoms with Crippen LogP contribution in [0.25, 0.3) is 45.0 Å². The zero-order valence-electron chi connectivity index (χ0n) is 35.6. The molecule has 0 radical (unpaired) electrons. The van der Waals surface area contributed by atoms with E-state index in [-0.39, 0.29) is 59.6 Å². The Morgan fingerprint density at radius 1 is 0.912 bits per heavy atom. The van der Waals surface area contributed by atoms with Crippen LogP contribution in [0.15, 0.2) is 53.1 Å².